The van der Waals surface area contributed by atoms with Crippen LogP contribution < -0.4 is 14.8 Å². The van der Waals surface area contributed by atoms with Gasteiger partial charge < -0.3 is 14.8 Å². The molecular weight excluding hydrogens is 274 g/mol. The molecule has 0 aliphatic rings. The second-order valence-corrected chi connectivity index (χ2v) is 5.02. The van der Waals surface area contributed by atoms with E-state index in [-0.39, 0.29) is 6.04 Å². The van der Waals surface area contributed by atoms with Gasteiger partial charge in [-0.05, 0) is 43.5 Å². The van der Waals surface area contributed by atoms with Crippen molar-refractivity contribution in [3.05, 3.63) is 35.4 Å². The Morgan fingerprint density at radius 1 is 1.35 bits per heavy atom. The van der Waals surface area contributed by atoms with Gasteiger partial charge in [-0.1, -0.05) is 24.6 Å². The summed E-state index contributed by atoms with van der Waals surface area (Å²) in [5.74, 6) is 1.24. The Labute approximate surface area is 126 Å². The van der Waals surface area contributed by atoms with Gasteiger partial charge in [-0.15, -0.1) is 6.58 Å². The molecule has 0 aliphatic heterocycles. The number of ether oxygens (including phenoxy) is 2. The zero-order valence-electron chi connectivity index (χ0n) is 12.5. The molecule has 112 valence electrons. The maximum Gasteiger partial charge on any atom is 0.179 e. The third kappa shape index (κ3) is 4.43. The molecular formula is C16H24ClNO2. The summed E-state index contributed by atoms with van der Waals surface area (Å²) in [4.78, 5) is 0. The van der Waals surface area contributed by atoms with E-state index in [1.54, 1.807) is 14.2 Å². The zero-order chi connectivity index (χ0) is 15.0. The van der Waals surface area contributed by atoms with E-state index < -0.39 is 0 Å². The molecule has 0 aromatic heterocycles. The fourth-order valence-electron chi connectivity index (χ4n) is 2.13. The van der Waals surface area contributed by atoms with Crippen molar-refractivity contribution < 1.29 is 9.47 Å². The lowest BCUT2D eigenvalue weighted by Gasteiger charge is -2.20. The Kier molecular flexibility index (Phi) is 7.48. The van der Waals surface area contributed by atoms with Crippen molar-refractivity contribution in [3.63, 3.8) is 0 Å². The Morgan fingerprint density at radius 2 is 2.10 bits per heavy atom. The molecule has 0 bridgehead atoms. The lowest BCUT2D eigenvalue weighted by Crippen LogP contribution is -2.22. The first kappa shape index (κ1) is 16.9. The summed E-state index contributed by atoms with van der Waals surface area (Å²) in [7, 11) is 3.21. The van der Waals surface area contributed by atoms with E-state index in [1.807, 2.05) is 18.2 Å². The van der Waals surface area contributed by atoms with Gasteiger partial charge in [-0.2, -0.15) is 0 Å². The maximum atomic E-state index is 6.27. The molecule has 0 fully saturated rings. The summed E-state index contributed by atoms with van der Waals surface area (Å²) in [6, 6.07) is 4.17. The number of rotatable bonds is 9. The summed E-state index contributed by atoms with van der Waals surface area (Å²) >= 11 is 6.27. The average molecular weight is 298 g/mol. The second-order valence-electron chi connectivity index (χ2n) is 4.61. The van der Waals surface area contributed by atoms with E-state index >= 15 is 0 Å². The van der Waals surface area contributed by atoms with Crippen molar-refractivity contribution in [3.8, 4) is 11.5 Å². The van der Waals surface area contributed by atoms with Gasteiger partial charge in [0.25, 0.3) is 0 Å². The number of halogens is 1. The van der Waals surface area contributed by atoms with Crippen LogP contribution >= 0.6 is 11.6 Å². The minimum Gasteiger partial charge on any atom is -0.493 e. The molecule has 0 heterocycles. The molecule has 1 atom stereocenters. The minimum absolute atomic E-state index is 0.241. The van der Waals surface area contributed by atoms with Gasteiger partial charge >= 0.3 is 0 Å². The van der Waals surface area contributed by atoms with Gasteiger partial charge in [0.15, 0.2) is 11.5 Å². The highest BCUT2D eigenvalue weighted by molar-refractivity contribution is 6.32. The van der Waals surface area contributed by atoms with Crippen LogP contribution in [0.3, 0.4) is 0 Å². The van der Waals surface area contributed by atoms with Gasteiger partial charge in [-0.25, -0.2) is 0 Å². The lowest BCUT2D eigenvalue weighted by molar-refractivity contribution is 0.353. The summed E-state index contributed by atoms with van der Waals surface area (Å²) in [6.07, 6.45) is 4.96. The fraction of sp³-hybridized carbons (Fsp3) is 0.500. The number of hydrogen-bond donors (Lipinski definition) is 1. The predicted octanol–water partition coefficient (Wildman–Crippen LogP) is 4.36. The summed E-state index contributed by atoms with van der Waals surface area (Å²) in [5, 5.41) is 4.11. The molecule has 0 radical (unpaired) electrons. The van der Waals surface area contributed by atoms with Crippen molar-refractivity contribution in [2.75, 3.05) is 20.8 Å². The van der Waals surface area contributed by atoms with Crippen LogP contribution in [-0.4, -0.2) is 20.8 Å². The molecule has 0 spiro atoms. The van der Waals surface area contributed by atoms with Crippen molar-refractivity contribution in [1.82, 2.24) is 5.32 Å². The summed E-state index contributed by atoms with van der Waals surface area (Å²) in [6.45, 7) is 6.90. The number of allylic oxidation sites excluding steroid dienone is 1. The maximum absolute atomic E-state index is 6.27. The van der Waals surface area contributed by atoms with E-state index in [0.29, 0.717) is 16.5 Å². The molecule has 0 saturated heterocycles. The van der Waals surface area contributed by atoms with E-state index in [0.717, 1.165) is 31.4 Å². The number of methoxy groups -OCH3 is 2. The van der Waals surface area contributed by atoms with Crippen molar-refractivity contribution in [2.24, 2.45) is 0 Å². The van der Waals surface area contributed by atoms with E-state index in [4.69, 9.17) is 21.1 Å². The van der Waals surface area contributed by atoms with Gasteiger partial charge in [-0.3, -0.25) is 0 Å². The minimum atomic E-state index is 0.241. The topological polar surface area (TPSA) is 30.5 Å². The molecule has 0 saturated carbocycles. The van der Waals surface area contributed by atoms with Crippen LogP contribution in [0.25, 0.3) is 0 Å². The molecule has 1 aromatic carbocycles. The predicted molar refractivity (Wildman–Crippen MR) is 85.0 cm³/mol. The van der Waals surface area contributed by atoms with E-state index in [2.05, 4.69) is 18.8 Å². The van der Waals surface area contributed by atoms with Crippen LogP contribution in [0.4, 0.5) is 0 Å². The van der Waals surface area contributed by atoms with Gasteiger partial charge in [0.05, 0.1) is 19.2 Å². The first-order valence-electron chi connectivity index (χ1n) is 6.93. The van der Waals surface area contributed by atoms with Crippen LogP contribution in [0.5, 0.6) is 11.5 Å². The van der Waals surface area contributed by atoms with Crippen molar-refractivity contribution >= 4 is 11.6 Å². The van der Waals surface area contributed by atoms with Crippen molar-refractivity contribution in [1.29, 1.82) is 0 Å². The molecule has 20 heavy (non-hydrogen) atoms. The smallest absolute Gasteiger partial charge is 0.179 e. The highest BCUT2D eigenvalue weighted by atomic mass is 35.5. The molecule has 4 heteroatoms. The first-order chi connectivity index (χ1) is 9.67. The van der Waals surface area contributed by atoms with Gasteiger partial charge in [0.1, 0.15) is 0 Å². The number of benzene rings is 1. The van der Waals surface area contributed by atoms with E-state index in [1.165, 1.54) is 0 Å². The van der Waals surface area contributed by atoms with Crippen LogP contribution in [0.2, 0.25) is 5.02 Å². The quantitative estimate of drug-likeness (QED) is 0.687. The van der Waals surface area contributed by atoms with Crippen LogP contribution in [0, 0.1) is 0 Å². The van der Waals surface area contributed by atoms with Crippen LogP contribution in [0.15, 0.2) is 24.8 Å². The van der Waals surface area contributed by atoms with Crippen LogP contribution in [-0.2, 0) is 0 Å². The Balaban J connectivity index is 3.05. The molecule has 1 rings (SSSR count). The van der Waals surface area contributed by atoms with E-state index in [9.17, 15) is 0 Å². The molecule has 3 nitrogen and oxygen atoms in total. The average Bonchev–Trinajstić information content (AvgIpc) is 2.46. The third-order valence-corrected chi connectivity index (χ3v) is 3.44. The lowest BCUT2D eigenvalue weighted by atomic mass is 10.0. The highest BCUT2D eigenvalue weighted by Gasteiger charge is 2.16. The SMILES string of the molecule is C=CCCC(NCCC)c1cc(Cl)c(OC)c(OC)c1. The monoisotopic (exact) mass is 297 g/mol. The van der Waals surface area contributed by atoms with Crippen molar-refractivity contribution in [2.45, 2.75) is 32.2 Å². The third-order valence-electron chi connectivity index (χ3n) is 3.16. The summed E-state index contributed by atoms with van der Waals surface area (Å²) in [5.41, 5.74) is 1.11. The fourth-order valence-corrected chi connectivity index (χ4v) is 2.42. The van der Waals surface area contributed by atoms with Crippen LogP contribution in [0.1, 0.15) is 37.8 Å². The molecule has 0 amide bonds. The van der Waals surface area contributed by atoms with Gasteiger partial charge in [0, 0.05) is 6.04 Å². The second kappa shape index (κ2) is 8.88. The Bertz CT molecular complexity index is 435. The zero-order valence-corrected chi connectivity index (χ0v) is 13.3. The highest BCUT2D eigenvalue weighted by Crippen LogP contribution is 2.38. The standard InChI is InChI=1S/C16H24ClNO2/c1-5-7-8-14(18-9-6-2)12-10-13(17)16(20-4)15(11-12)19-3/h5,10-11,14,18H,1,6-9H2,2-4H3. The first-order valence-corrected chi connectivity index (χ1v) is 7.31. The molecule has 1 unspecified atom stereocenters. The summed E-state index contributed by atoms with van der Waals surface area (Å²) < 4.78 is 10.6. The van der Waals surface area contributed by atoms with Gasteiger partial charge in [0.2, 0.25) is 0 Å². The Morgan fingerprint density at radius 3 is 2.65 bits per heavy atom. The molecule has 1 aromatic rings. The number of hydrogen-bond acceptors (Lipinski definition) is 3. The normalized spacial score (nSPS) is 12.0. The molecule has 1 N–H and O–H groups in total. The largest absolute Gasteiger partial charge is 0.493 e. The Hall–Kier alpha value is -1.19. The number of nitrogens with one attached hydrogen (secondary N) is 1. The molecule has 0 aliphatic carbocycles.